The molecule has 0 bridgehead atoms. The molecular formula is C12H20N2S. The van der Waals surface area contributed by atoms with E-state index >= 15 is 0 Å². The van der Waals surface area contributed by atoms with Gasteiger partial charge in [0, 0.05) is 30.1 Å². The number of likely N-dealkylation sites (N-methyl/N-ethyl adjacent to an activating group) is 1. The molecule has 0 radical (unpaired) electrons. The first-order chi connectivity index (χ1) is 7.25. The van der Waals surface area contributed by atoms with Gasteiger partial charge in [0.05, 0.1) is 0 Å². The van der Waals surface area contributed by atoms with Crippen LogP contribution in [-0.4, -0.2) is 37.1 Å². The van der Waals surface area contributed by atoms with Crippen molar-refractivity contribution in [3.8, 4) is 0 Å². The quantitative estimate of drug-likeness (QED) is 0.841. The maximum atomic E-state index is 3.65. The second kappa shape index (κ2) is 5.10. The maximum Gasteiger partial charge on any atom is 0.0209 e. The molecule has 0 aromatic carbocycles. The minimum absolute atomic E-state index is 0.699. The zero-order valence-electron chi connectivity index (χ0n) is 9.57. The Kier molecular flexibility index (Phi) is 3.78. The molecule has 15 heavy (non-hydrogen) atoms. The van der Waals surface area contributed by atoms with Crippen LogP contribution >= 0.6 is 11.3 Å². The second-order valence-corrected chi connectivity index (χ2v) is 5.54. The normalized spacial score (nSPS) is 27.3. The molecule has 1 aliphatic rings. The van der Waals surface area contributed by atoms with Crippen LogP contribution in [-0.2, 0) is 6.42 Å². The summed E-state index contributed by atoms with van der Waals surface area (Å²) < 4.78 is 0. The van der Waals surface area contributed by atoms with Crippen molar-refractivity contribution < 1.29 is 0 Å². The standard InChI is InChI=1S/C12H20N2S/c1-10-8-11(9-14(10)2)13-6-5-12-4-3-7-15-12/h3-4,7,10-11,13H,5-6,8-9H2,1-2H3. The molecule has 1 aliphatic heterocycles. The summed E-state index contributed by atoms with van der Waals surface area (Å²) in [6.45, 7) is 4.62. The van der Waals surface area contributed by atoms with Crippen molar-refractivity contribution >= 4 is 11.3 Å². The Hall–Kier alpha value is -0.380. The van der Waals surface area contributed by atoms with Gasteiger partial charge in [-0.05, 0) is 38.3 Å². The average Bonchev–Trinajstić information content (AvgIpc) is 2.79. The van der Waals surface area contributed by atoms with Gasteiger partial charge in [0.1, 0.15) is 0 Å². The van der Waals surface area contributed by atoms with Crippen molar-refractivity contribution in [3.63, 3.8) is 0 Å². The van der Waals surface area contributed by atoms with Crippen LogP contribution in [0.25, 0.3) is 0 Å². The summed E-state index contributed by atoms with van der Waals surface area (Å²) in [6, 6.07) is 5.79. The second-order valence-electron chi connectivity index (χ2n) is 4.50. The molecule has 3 heteroatoms. The van der Waals surface area contributed by atoms with Crippen molar-refractivity contribution in [1.82, 2.24) is 10.2 Å². The molecule has 2 atom stereocenters. The fourth-order valence-electron chi connectivity index (χ4n) is 2.20. The molecule has 1 fully saturated rings. The van der Waals surface area contributed by atoms with Crippen LogP contribution < -0.4 is 5.32 Å². The highest BCUT2D eigenvalue weighted by atomic mass is 32.1. The molecule has 0 spiro atoms. The van der Waals surface area contributed by atoms with Gasteiger partial charge in [-0.2, -0.15) is 0 Å². The molecule has 1 aromatic rings. The number of hydrogen-bond acceptors (Lipinski definition) is 3. The highest BCUT2D eigenvalue weighted by molar-refractivity contribution is 7.09. The Morgan fingerprint density at radius 3 is 3.07 bits per heavy atom. The molecule has 84 valence electrons. The average molecular weight is 224 g/mol. The first kappa shape index (κ1) is 11.1. The zero-order chi connectivity index (χ0) is 10.7. The van der Waals surface area contributed by atoms with Crippen molar-refractivity contribution in [3.05, 3.63) is 22.4 Å². The SMILES string of the molecule is CC1CC(NCCc2cccs2)CN1C. The summed E-state index contributed by atoms with van der Waals surface area (Å²) in [5, 5.41) is 5.80. The van der Waals surface area contributed by atoms with Crippen molar-refractivity contribution in [2.45, 2.75) is 31.8 Å². The molecule has 2 unspecified atom stereocenters. The van der Waals surface area contributed by atoms with Crippen LogP contribution in [0.4, 0.5) is 0 Å². The number of likely N-dealkylation sites (tertiary alicyclic amines) is 1. The third-order valence-corrected chi connectivity index (χ3v) is 4.21. The first-order valence-corrected chi connectivity index (χ1v) is 6.59. The van der Waals surface area contributed by atoms with E-state index in [0.717, 1.165) is 12.6 Å². The lowest BCUT2D eigenvalue weighted by Gasteiger charge is -2.13. The van der Waals surface area contributed by atoms with E-state index in [9.17, 15) is 0 Å². The number of nitrogens with one attached hydrogen (secondary N) is 1. The Balaban J connectivity index is 1.67. The molecule has 2 heterocycles. The molecular weight excluding hydrogens is 204 g/mol. The van der Waals surface area contributed by atoms with Crippen LogP contribution in [0.2, 0.25) is 0 Å². The predicted octanol–water partition coefficient (Wildman–Crippen LogP) is 1.97. The van der Waals surface area contributed by atoms with E-state index in [1.807, 2.05) is 11.3 Å². The molecule has 0 saturated carbocycles. The van der Waals surface area contributed by atoms with Gasteiger partial charge >= 0.3 is 0 Å². The fourth-order valence-corrected chi connectivity index (χ4v) is 2.90. The van der Waals surface area contributed by atoms with E-state index in [-0.39, 0.29) is 0 Å². The monoisotopic (exact) mass is 224 g/mol. The van der Waals surface area contributed by atoms with Crippen molar-refractivity contribution in [1.29, 1.82) is 0 Å². The van der Waals surface area contributed by atoms with Gasteiger partial charge in [-0.1, -0.05) is 6.07 Å². The van der Waals surface area contributed by atoms with Gasteiger partial charge < -0.3 is 10.2 Å². The minimum Gasteiger partial charge on any atom is -0.312 e. The molecule has 0 amide bonds. The van der Waals surface area contributed by atoms with Crippen LogP contribution in [0.5, 0.6) is 0 Å². The van der Waals surface area contributed by atoms with E-state index in [2.05, 4.69) is 41.7 Å². The fraction of sp³-hybridized carbons (Fsp3) is 0.667. The van der Waals surface area contributed by atoms with Gasteiger partial charge in [-0.25, -0.2) is 0 Å². The van der Waals surface area contributed by atoms with E-state index < -0.39 is 0 Å². The van der Waals surface area contributed by atoms with Crippen molar-refractivity contribution in [2.75, 3.05) is 20.1 Å². The Bertz CT molecular complexity index is 274. The third kappa shape index (κ3) is 3.03. The van der Waals surface area contributed by atoms with Crippen LogP contribution in [0.3, 0.4) is 0 Å². The largest absolute Gasteiger partial charge is 0.312 e. The predicted molar refractivity (Wildman–Crippen MR) is 66.5 cm³/mol. The van der Waals surface area contributed by atoms with Crippen molar-refractivity contribution in [2.24, 2.45) is 0 Å². The van der Waals surface area contributed by atoms with Gasteiger partial charge in [0.2, 0.25) is 0 Å². The summed E-state index contributed by atoms with van der Waals surface area (Å²) >= 11 is 1.86. The van der Waals surface area contributed by atoms with E-state index in [1.165, 1.54) is 24.3 Å². The summed E-state index contributed by atoms with van der Waals surface area (Å²) in [5.41, 5.74) is 0. The van der Waals surface area contributed by atoms with Gasteiger partial charge in [0.15, 0.2) is 0 Å². The van der Waals surface area contributed by atoms with Gasteiger partial charge in [-0.3, -0.25) is 0 Å². The van der Waals surface area contributed by atoms with Gasteiger partial charge in [0.25, 0.3) is 0 Å². The highest BCUT2D eigenvalue weighted by Crippen LogP contribution is 2.15. The van der Waals surface area contributed by atoms with E-state index in [4.69, 9.17) is 0 Å². The number of thiophene rings is 1. The molecule has 1 N–H and O–H groups in total. The highest BCUT2D eigenvalue weighted by Gasteiger charge is 2.25. The molecule has 1 aromatic heterocycles. The Morgan fingerprint density at radius 2 is 2.47 bits per heavy atom. The zero-order valence-corrected chi connectivity index (χ0v) is 10.4. The lowest BCUT2D eigenvalue weighted by molar-refractivity contribution is 0.327. The van der Waals surface area contributed by atoms with Crippen LogP contribution in [0.15, 0.2) is 17.5 Å². The number of rotatable bonds is 4. The summed E-state index contributed by atoms with van der Waals surface area (Å²) in [4.78, 5) is 3.92. The molecule has 2 rings (SSSR count). The number of nitrogens with zero attached hydrogens (tertiary/aromatic N) is 1. The molecule has 1 saturated heterocycles. The lowest BCUT2D eigenvalue weighted by atomic mass is 10.2. The third-order valence-electron chi connectivity index (χ3n) is 3.27. The van der Waals surface area contributed by atoms with Crippen LogP contribution in [0.1, 0.15) is 18.2 Å². The Morgan fingerprint density at radius 1 is 1.60 bits per heavy atom. The van der Waals surface area contributed by atoms with E-state index in [1.54, 1.807) is 0 Å². The lowest BCUT2D eigenvalue weighted by Crippen LogP contribution is -2.32. The van der Waals surface area contributed by atoms with Gasteiger partial charge in [-0.15, -0.1) is 11.3 Å². The smallest absolute Gasteiger partial charge is 0.0209 e. The molecule has 0 aliphatic carbocycles. The molecule has 2 nitrogen and oxygen atoms in total. The van der Waals surface area contributed by atoms with E-state index in [0.29, 0.717) is 6.04 Å². The number of hydrogen-bond donors (Lipinski definition) is 1. The maximum absolute atomic E-state index is 3.65. The summed E-state index contributed by atoms with van der Waals surface area (Å²) in [6.07, 6.45) is 2.47. The van der Waals surface area contributed by atoms with Crippen LogP contribution in [0, 0.1) is 0 Å². The summed E-state index contributed by atoms with van der Waals surface area (Å²) in [5.74, 6) is 0. The minimum atomic E-state index is 0.699. The summed E-state index contributed by atoms with van der Waals surface area (Å²) in [7, 11) is 2.21. The topological polar surface area (TPSA) is 15.3 Å². The Labute approximate surface area is 96.3 Å². The first-order valence-electron chi connectivity index (χ1n) is 5.71.